The van der Waals surface area contributed by atoms with Crippen molar-refractivity contribution in [2.24, 2.45) is 0 Å². The highest BCUT2D eigenvalue weighted by molar-refractivity contribution is 7.99. The van der Waals surface area contributed by atoms with Crippen LogP contribution in [0.3, 0.4) is 0 Å². The molecule has 0 atom stereocenters. The molecule has 2 heterocycles. The number of hydrogen-bond donors (Lipinski definition) is 0. The van der Waals surface area contributed by atoms with Crippen molar-refractivity contribution in [1.82, 2.24) is 0 Å². The van der Waals surface area contributed by atoms with E-state index in [9.17, 15) is 0 Å². The van der Waals surface area contributed by atoms with E-state index in [0.717, 1.165) is 111 Å². The third kappa shape index (κ3) is 9.68. The molecule has 0 fully saturated rings. The predicted octanol–water partition coefficient (Wildman–Crippen LogP) is 23.4. The van der Waals surface area contributed by atoms with Crippen LogP contribution in [0.5, 0.6) is 0 Å². The minimum Gasteiger partial charge on any atom is -0.455 e. The van der Waals surface area contributed by atoms with Gasteiger partial charge >= 0.3 is 0 Å². The monoisotopic (exact) mass is 1180 g/mol. The van der Waals surface area contributed by atoms with Gasteiger partial charge in [0.2, 0.25) is 0 Å². The van der Waals surface area contributed by atoms with Gasteiger partial charge in [0.05, 0.1) is 35.6 Å². The van der Waals surface area contributed by atoms with Gasteiger partial charge in [-0.15, -0.1) is 0 Å². The minimum atomic E-state index is -1.79. The lowest BCUT2D eigenvalue weighted by atomic mass is 9.67. The summed E-state index contributed by atoms with van der Waals surface area (Å²) >= 11 is 1.81. The van der Waals surface area contributed by atoms with Gasteiger partial charge in [0.15, 0.2) is 0 Å². The molecule has 0 spiro atoms. The average Bonchev–Trinajstić information content (AvgIpc) is 1.55. The quantitative estimate of drug-likeness (QED) is 0.121. The zero-order valence-corrected chi connectivity index (χ0v) is 54.5. The summed E-state index contributed by atoms with van der Waals surface area (Å²) in [7, 11) is -1.79. The normalized spacial score (nSPS) is 13.4. The maximum absolute atomic E-state index is 7.62. The number of benzene rings is 11. The number of hydrogen-bond acceptors (Lipinski definition) is 5. The second kappa shape index (κ2) is 21.2. The molecular weight excluding hydrogens is 1110 g/mol. The Kier molecular flexibility index (Phi) is 13.7. The number of fused-ring (bicyclic) bond motifs is 11. The van der Waals surface area contributed by atoms with Gasteiger partial charge in [-0.25, -0.2) is 0 Å². The Morgan fingerprint density at radius 1 is 0.364 bits per heavy atom. The summed E-state index contributed by atoms with van der Waals surface area (Å²) in [6.07, 6.45) is 0. The van der Waals surface area contributed by atoms with Crippen LogP contribution in [0, 0.1) is 0 Å². The number of rotatable bonds is 11. The van der Waals surface area contributed by atoms with Crippen molar-refractivity contribution >= 4 is 103 Å². The Balaban J connectivity index is 1.16. The Morgan fingerprint density at radius 3 is 1.07 bits per heavy atom. The maximum atomic E-state index is 7.62. The van der Waals surface area contributed by atoms with Crippen molar-refractivity contribution < 1.29 is 8.83 Å². The smallest absolute Gasteiger partial charge is 0.145 e. The SMILES string of the molecule is CC(C)(C)c1ccc(Sc2ccc(C3(c4ccc([Si](C)(C)C)cc4)c4cc(N(c5ccccc5)c5ccc(C(C)(C)C)cc5)c5c(oc6ccccc65)c4-c4c3cc(N(c3ccccc3)c3ccc(C(C)(C)C)cc3)c3c4oc4ccccc43)cc2)cc1. The first-order valence-corrected chi connectivity index (χ1v) is 35.4. The second-order valence-corrected chi connectivity index (χ2v) is 34.4. The summed E-state index contributed by atoms with van der Waals surface area (Å²) in [6, 6.07) is 90.8. The van der Waals surface area contributed by atoms with Crippen molar-refractivity contribution in [2.45, 2.75) is 113 Å². The van der Waals surface area contributed by atoms with Crippen LogP contribution in [0.15, 0.2) is 261 Å². The molecule has 88 heavy (non-hydrogen) atoms. The molecule has 0 saturated carbocycles. The van der Waals surface area contributed by atoms with E-state index in [4.69, 9.17) is 8.83 Å². The second-order valence-electron chi connectivity index (χ2n) is 28.2. The molecule has 436 valence electrons. The highest BCUT2D eigenvalue weighted by Crippen LogP contribution is 2.64. The largest absolute Gasteiger partial charge is 0.455 e. The highest BCUT2D eigenvalue weighted by Gasteiger charge is 2.51. The number of nitrogens with zero attached hydrogens (tertiary/aromatic N) is 2. The third-order valence-electron chi connectivity index (χ3n) is 18.2. The van der Waals surface area contributed by atoms with Crippen LogP contribution in [0.2, 0.25) is 19.6 Å². The molecule has 14 rings (SSSR count). The molecule has 0 aliphatic heterocycles. The number of para-hydroxylation sites is 4. The van der Waals surface area contributed by atoms with Gasteiger partial charge in [-0.05, 0) is 152 Å². The number of furan rings is 2. The minimum absolute atomic E-state index is 0.0359. The Labute approximate surface area is 524 Å². The van der Waals surface area contributed by atoms with E-state index in [1.807, 2.05) is 0 Å². The van der Waals surface area contributed by atoms with E-state index < -0.39 is 13.5 Å². The zero-order chi connectivity index (χ0) is 61.1. The summed E-state index contributed by atoms with van der Waals surface area (Å²) in [6.45, 7) is 27.9. The molecule has 0 unspecified atom stereocenters. The van der Waals surface area contributed by atoms with E-state index in [2.05, 4.69) is 334 Å². The fraction of sp³-hybridized carbons (Fsp3) is 0.195. The maximum Gasteiger partial charge on any atom is 0.145 e. The van der Waals surface area contributed by atoms with E-state index >= 15 is 0 Å². The molecule has 1 aliphatic rings. The predicted molar refractivity (Wildman–Crippen MR) is 377 cm³/mol. The van der Waals surface area contributed by atoms with Gasteiger partial charge in [0.1, 0.15) is 22.3 Å². The third-order valence-corrected chi connectivity index (χ3v) is 21.3. The lowest BCUT2D eigenvalue weighted by molar-refractivity contribution is 0.589. The van der Waals surface area contributed by atoms with Gasteiger partial charge in [-0.2, -0.15) is 0 Å². The van der Waals surface area contributed by atoms with Crippen LogP contribution in [0.1, 0.15) is 101 Å². The van der Waals surface area contributed by atoms with Crippen LogP contribution >= 0.6 is 11.8 Å². The van der Waals surface area contributed by atoms with Crippen LogP contribution in [-0.2, 0) is 21.7 Å². The number of anilines is 6. The van der Waals surface area contributed by atoms with Gasteiger partial charge in [-0.3, -0.25) is 0 Å². The van der Waals surface area contributed by atoms with Crippen LogP contribution in [0.4, 0.5) is 34.1 Å². The summed E-state index contributed by atoms with van der Waals surface area (Å²) in [5.74, 6) is 0. The fourth-order valence-electron chi connectivity index (χ4n) is 13.5. The van der Waals surface area contributed by atoms with Crippen molar-refractivity contribution in [3.63, 3.8) is 0 Å². The average molecular weight is 1180 g/mol. The van der Waals surface area contributed by atoms with Crippen molar-refractivity contribution in [3.05, 3.63) is 282 Å². The first kappa shape index (κ1) is 57.0. The van der Waals surface area contributed by atoms with Crippen molar-refractivity contribution in [1.29, 1.82) is 0 Å². The molecule has 6 heteroatoms. The van der Waals surface area contributed by atoms with Crippen LogP contribution in [0.25, 0.3) is 55.0 Å². The van der Waals surface area contributed by atoms with Crippen molar-refractivity contribution in [3.8, 4) is 11.1 Å². The molecular formula is C82H76N2O2SSi. The molecule has 0 amide bonds. The summed E-state index contributed by atoms with van der Waals surface area (Å²) < 4.78 is 15.2. The van der Waals surface area contributed by atoms with E-state index in [1.165, 1.54) is 31.7 Å². The zero-order valence-electron chi connectivity index (χ0n) is 52.7. The molecule has 4 nitrogen and oxygen atoms in total. The standard InChI is InChI=1S/C82H76N2O2SSi/c1-79(2,3)53-31-41-60(42-32-53)83(58-23-15-13-16-24-58)69-51-67-75(77-73(69)65-27-19-21-29-71(65)85-77)76-68(82(67,57-39-49-64(50-40-57)88(10,11)12)56-37-47-63(48-38-56)87-62-45-35-55(36-46-62)81(7,8)9)52-70(74-66-28-20-22-30-72(66)86-78(74)76)84(59-25-17-14-18-26-59)61-43-33-54(34-44-61)80(4,5)6/h13-52H,1-12H3. The van der Waals surface area contributed by atoms with Gasteiger partial charge in [0, 0.05) is 54.4 Å². The molecule has 0 saturated heterocycles. The highest BCUT2D eigenvalue weighted by atomic mass is 32.2. The molecule has 0 N–H and O–H groups in total. The molecule has 13 aromatic rings. The lowest BCUT2D eigenvalue weighted by Gasteiger charge is -2.36. The molecule has 0 bridgehead atoms. The van der Waals surface area contributed by atoms with Gasteiger partial charge in [0.25, 0.3) is 0 Å². The first-order chi connectivity index (χ1) is 42.2. The van der Waals surface area contributed by atoms with Crippen molar-refractivity contribution in [2.75, 3.05) is 9.80 Å². The summed E-state index contributed by atoms with van der Waals surface area (Å²) in [5, 5.41) is 5.57. The van der Waals surface area contributed by atoms with E-state index in [0.29, 0.717) is 0 Å². The topological polar surface area (TPSA) is 32.8 Å². The van der Waals surface area contributed by atoms with Gasteiger partial charge in [-0.1, -0.05) is 244 Å². The fourth-order valence-corrected chi connectivity index (χ4v) is 15.5. The Bertz CT molecular complexity index is 4520. The Hall–Kier alpha value is -8.81. The molecule has 1 aliphatic carbocycles. The van der Waals surface area contributed by atoms with E-state index in [1.54, 1.807) is 11.8 Å². The molecule has 11 aromatic carbocycles. The lowest BCUT2D eigenvalue weighted by Crippen LogP contribution is -2.38. The molecule has 2 aromatic heterocycles. The Morgan fingerprint density at radius 2 is 0.693 bits per heavy atom. The summed E-state index contributed by atoms with van der Waals surface area (Å²) in [5.41, 5.74) is 19.1. The van der Waals surface area contributed by atoms with Crippen LogP contribution < -0.4 is 15.0 Å². The van der Waals surface area contributed by atoms with E-state index in [-0.39, 0.29) is 16.2 Å². The van der Waals surface area contributed by atoms with Crippen LogP contribution in [-0.4, -0.2) is 8.07 Å². The molecule has 0 radical (unpaired) electrons. The van der Waals surface area contributed by atoms with Gasteiger partial charge < -0.3 is 18.6 Å². The first-order valence-electron chi connectivity index (χ1n) is 31.1. The summed E-state index contributed by atoms with van der Waals surface area (Å²) in [4.78, 5) is 7.30.